The molecule has 0 amide bonds. The number of aliphatic imine (C=N–C) groups is 1. The molecule has 1 aromatic carbocycles. The van der Waals surface area contributed by atoms with Crippen molar-refractivity contribution in [3.8, 4) is 5.75 Å². The van der Waals surface area contributed by atoms with E-state index in [1.165, 1.54) is 12.1 Å². The fourth-order valence-electron chi connectivity index (χ4n) is 3.40. The average molecular weight is 515 g/mol. The van der Waals surface area contributed by atoms with Crippen LogP contribution in [-0.2, 0) is 6.42 Å². The Hall–Kier alpha value is -1.55. The predicted octanol–water partition coefficient (Wildman–Crippen LogP) is 3.31. The van der Waals surface area contributed by atoms with Gasteiger partial charge in [-0.15, -0.1) is 35.3 Å². The van der Waals surface area contributed by atoms with Crippen LogP contribution < -0.4 is 20.3 Å². The van der Waals surface area contributed by atoms with Crippen LogP contribution >= 0.6 is 35.3 Å². The van der Waals surface area contributed by atoms with Gasteiger partial charge in [0.15, 0.2) is 5.96 Å². The van der Waals surface area contributed by atoms with Gasteiger partial charge in [0.25, 0.3) is 0 Å². The van der Waals surface area contributed by atoms with Crippen molar-refractivity contribution in [2.75, 3.05) is 45.2 Å². The van der Waals surface area contributed by atoms with Crippen LogP contribution in [0.15, 0.2) is 34.6 Å². The lowest BCUT2D eigenvalue weighted by Gasteiger charge is -2.21. The van der Waals surface area contributed by atoms with Crippen LogP contribution in [0.2, 0.25) is 0 Å². The Morgan fingerprint density at radius 3 is 2.89 bits per heavy atom. The molecule has 2 N–H and O–H groups in total. The molecule has 2 aromatic rings. The maximum atomic E-state index is 5.50. The van der Waals surface area contributed by atoms with Gasteiger partial charge in [-0.25, -0.2) is 4.98 Å². The molecule has 0 saturated carbocycles. The van der Waals surface area contributed by atoms with Gasteiger partial charge in [-0.05, 0) is 31.4 Å². The molecule has 0 spiro atoms. The van der Waals surface area contributed by atoms with Gasteiger partial charge in [0.2, 0.25) is 0 Å². The number of anilines is 1. The molecule has 3 rings (SSSR count). The maximum absolute atomic E-state index is 5.50. The standard InChI is InChI=1S/C20H29N5OS.HI/c1-15-24-17(14-27-15)8-10-22-20(21-2)23-12-16-9-11-25(13-16)18-6-4-5-7-19(18)26-3;/h4-7,14,16H,8-13H2,1-3H3,(H2,21,22,23);1H. The van der Waals surface area contributed by atoms with Crippen LogP contribution in [0.25, 0.3) is 0 Å². The van der Waals surface area contributed by atoms with Gasteiger partial charge in [-0.2, -0.15) is 0 Å². The zero-order valence-electron chi connectivity index (χ0n) is 16.8. The third kappa shape index (κ3) is 6.23. The van der Waals surface area contributed by atoms with Crippen LogP contribution in [-0.4, -0.2) is 51.3 Å². The highest BCUT2D eigenvalue weighted by atomic mass is 127. The van der Waals surface area contributed by atoms with E-state index < -0.39 is 0 Å². The Labute approximate surface area is 188 Å². The summed E-state index contributed by atoms with van der Waals surface area (Å²) in [4.78, 5) is 11.2. The van der Waals surface area contributed by atoms with E-state index in [0.717, 1.165) is 55.0 Å². The van der Waals surface area contributed by atoms with Gasteiger partial charge < -0.3 is 20.3 Å². The van der Waals surface area contributed by atoms with Crippen LogP contribution in [0.3, 0.4) is 0 Å². The molecule has 0 aliphatic carbocycles. The number of aromatic nitrogens is 1. The number of guanidine groups is 1. The highest BCUT2D eigenvalue weighted by molar-refractivity contribution is 14.0. The molecule has 28 heavy (non-hydrogen) atoms. The minimum Gasteiger partial charge on any atom is -0.495 e. The van der Waals surface area contributed by atoms with Gasteiger partial charge >= 0.3 is 0 Å². The summed E-state index contributed by atoms with van der Waals surface area (Å²) in [5.41, 5.74) is 2.33. The van der Waals surface area contributed by atoms with E-state index in [-0.39, 0.29) is 24.0 Å². The topological polar surface area (TPSA) is 61.8 Å². The number of nitrogens with one attached hydrogen (secondary N) is 2. The second-order valence-corrected chi connectivity index (χ2v) is 7.82. The molecular weight excluding hydrogens is 485 g/mol. The summed E-state index contributed by atoms with van der Waals surface area (Å²) in [6.07, 6.45) is 2.08. The summed E-state index contributed by atoms with van der Waals surface area (Å²) in [7, 11) is 3.55. The number of halogens is 1. The van der Waals surface area contributed by atoms with Crippen molar-refractivity contribution in [1.82, 2.24) is 15.6 Å². The van der Waals surface area contributed by atoms with Gasteiger partial charge in [-0.1, -0.05) is 12.1 Å². The van der Waals surface area contributed by atoms with Crippen molar-refractivity contribution in [2.24, 2.45) is 10.9 Å². The molecule has 1 aliphatic heterocycles. The van der Waals surface area contributed by atoms with Crippen molar-refractivity contribution in [1.29, 1.82) is 0 Å². The zero-order valence-corrected chi connectivity index (χ0v) is 19.9. The lowest BCUT2D eigenvalue weighted by molar-refractivity contribution is 0.414. The molecule has 1 fully saturated rings. The second-order valence-electron chi connectivity index (χ2n) is 6.76. The van der Waals surface area contributed by atoms with Gasteiger partial charge in [0, 0.05) is 45.0 Å². The summed E-state index contributed by atoms with van der Waals surface area (Å²) in [6.45, 7) is 5.88. The van der Waals surface area contributed by atoms with Crippen LogP contribution in [0.4, 0.5) is 5.69 Å². The van der Waals surface area contributed by atoms with E-state index in [2.05, 4.69) is 43.0 Å². The molecule has 1 aliphatic rings. The minimum atomic E-state index is 0. The lowest BCUT2D eigenvalue weighted by atomic mass is 10.1. The minimum absolute atomic E-state index is 0. The predicted molar refractivity (Wildman–Crippen MR) is 129 cm³/mol. The highest BCUT2D eigenvalue weighted by Gasteiger charge is 2.24. The normalized spacial score (nSPS) is 16.6. The molecule has 1 saturated heterocycles. The number of rotatable bonds is 7. The van der Waals surface area contributed by atoms with E-state index in [1.54, 1.807) is 18.4 Å². The number of benzene rings is 1. The molecule has 6 nitrogen and oxygen atoms in total. The van der Waals surface area contributed by atoms with E-state index in [4.69, 9.17) is 4.74 Å². The van der Waals surface area contributed by atoms with Crippen molar-refractivity contribution in [2.45, 2.75) is 19.8 Å². The second kappa shape index (κ2) is 11.5. The summed E-state index contributed by atoms with van der Waals surface area (Å²) < 4.78 is 5.50. The molecule has 1 unspecified atom stereocenters. The van der Waals surface area contributed by atoms with E-state index in [0.29, 0.717) is 5.92 Å². The third-order valence-corrected chi connectivity index (χ3v) is 5.66. The molecule has 154 valence electrons. The Morgan fingerprint density at radius 2 is 2.18 bits per heavy atom. The number of para-hydroxylation sites is 2. The molecule has 1 aromatic heterocycles. The number of hydrogen-bond donors (Lipinski definition) is 2. The SMILES string of the molecule is CN=C(NCCc1csc(C)n1)NCC1CCN(c2ccccc2OC)C1.I. The lowest BCUT2D eigenvalue weighted by Crippen LogP contribution is -2.41. The first-order valence-corrected chi connectivity index (χ1v) is 10.3. The summed E-state index contributed by atoms with van der Waals surface area (Å²) in [6, 6.07) is 8.24. The number of hydrogen-bond acceptors (Lipinski definition) is 5. The molecule has 2 heterocycles. The Bertz CT molecular complexity index is 767. The Kier molecular flexibility index (Phi) is 9.30. The van der Waals surface area contributed by atoms with Crippen molar-refractivity contribution in [3.05, 3.63) is 40.3 Å². The van der Waals surface area contributed by atoms with Crippen LogP contribution in [0.5, 0.6) is 5.75 Å². The molecule has 0 bridgehead atoms. The Balaban J connectivity index is 0.00000280. The fourth-order valence-corrected chi connectivity index (χ4v) is 4.05. The fraction of sp³-hybridized carbons (Fsp3) is 0.500. The van der Waals surface area contributed by atoms with Crippen molar-refractivity contribution >= 4 is 47.0 Å². The van der Waals surface area contributed by atoms with Crippen LogP contribution in [0.1, 0.15) is 17.1 Å². The zero-order chi connectivity index (χ0) is 19.1. The number of nitrogens with zero attached hydrogens (tertiary/aromatic N) is 3. The largest absolute Gasteiger partial charge is 0.495 e. The van der Waals surface area contributed by atoms with Gasteiger partial charge in [-0.3, -0.25) is 4.99 Å². The molecule has 1 atom stereocenters. The first-order valence-electron chi connectivity index (χ1n) is 9.43. The van der Waals surface area contributed by atoms with E-state index in [9.17, 15) is 0 Å². The first-order chi connectivity index (χ1) is 13.2. The monoisotopic (exact) mass is 515 g/mol. The van der Waals surface area contributed by atoms with Crippen LogP contribution in [0, 0.1) is 12.8 Å². The Morgan fingerprint density at radius 1 is 1.36 bits per heavy atom. The highest BCUT2D eigenvalue weighted by Crippen LogP contribution is 2.31. The summed E-state index contributed by atoms with van der Waals surface area (Å²) in [5.74, 6) is 2.40. The maximum Gasteiger partial charge on any atom is 0.190 e. The number of aryl methyl sites for hydroxylation is 1. The number of thiazole rings is 1. The summed E-state index contributed by atoms with van der Waals surface area (Å²) >= 11 is 1.70. The van der Waals surface area contributed by atoms with Gasteiger partial charge in [0.05, 0.1) is 23.5 Å². The quantitative estimate of drug-likeness (QED) is 0.337. The third-order valence-electron chi connectivity index (χ3n) is 4.83. The number of methoxy groups -OCH3 is 1. The molecular formula is C20H30IN5OS. The molecule has 8 heteroatoms. The average Bonchev–Trinajstić information content (AvgIpc) is 3.33. The van der Waals surface area contributed by atoms with E-state index in [1.807, 2.05) is 26.1 Å². The molecule has 0 radical (unpaired) electrons. The number of ether oxygens (including phenoxy) is 1. The van der Waals surface area contributed by atoms with Crippen molar-refractivity contribution < 1.29 is 4.74 Å². The summed E-state index contributed by atoms with van der Waals surface area (Å²) in [5, 5.41) is 10.1. The smallest absolute Gasteiger partial charge is 0.190 e. The van der Waals surface area contributed by atoms with Crippen molar-refractivity contribution in [3.63, 3.8) is 0 Å². The van der Waals surface area contributed by atoms with Gasteiger partial charge in [0.1, 0.15) is 5.75 Å². The first kappa shape index (κ1) is 22.7. The van der Waals surface area contributed by atoms with E-state index >= 15 is 0 Å².